The van der Waals surface area contributed by atoms with Gasteiger partial charge in [-0.05, 0) is 39.8 Å². The summed E-state index contributed by atoms with van der Waals surface area (Å²) in [7, 11) is 1.97. The van der Waals surface area contributed by atoms with Gasteiger partial charge in [-0.2, -0.15) is 0 Å². The maximum absolute atomic E-state index is 4.67. The summed E-state index contributed by atoms with van der Waals surface area (Å²) in [6.45, 7) is 7.97. The molecular formula is C13H23N3S. The predicted molar refractivity (Wildman–Crippen MR) is 73.4 cm³/mol. The largest absolute Gasteiger partial charge is 0.314 e. The van der Waals surface area contributed by atoms with Crippen LogP contribution in [0.1, 0.15) is 31.0 Å². The van der Waals surface area contributed by atoms with Crippen LogP contribution in [0.5, 0.6) is 0 Å². The van der Waals surface area contributed by atoms with Crippen molar-refractivity contribution < 1.29 is 0 Å². The highest BCUT2D eigenvalue weighted by molar-refractivity contribution is 7.09. The molecule has 1 aliphatic rings. The lowest BCUT2D eigenvalue weighted by Gasteiger charge is -2.19. The lowest BCUT2D eigenvalue weighted by Crippen LogP contribution is -2.28. The van der Waals surface area contributed by atoms with Crippen molar-refractivity contribution in [3.8, 4) is 0 Å². The maximum Gasteiger partial charge on any atom is 0.0932 e. The SMILES string of the molecule is CNCc1csc(CC2CCN(C(C)C)C2)n1. The summed E-state index contributed by atoms with van der Waals surface area (Å²) in [4.78, 5) is 7.25. The van der Waals surface area contributed by atoms with Crippen LogP contribution in [-0.4, -0.2) is 36.1 Å². The van der Waals surface area contributed by atoms with Gasteiger partial charge >= 0.3 is 0 Å². The highest BCUT2D eigenvalue weighted by Crippen LogP contribution is 2.23. The Balaban J connectivity index is 1.84. The molecule has 1 aromatic rings. The zero-order valence-corrected chi connectivity index (χ0v) is 11.9. The lowest BCUT2D eigenvalue weighted by molar-refractivity contribution is 0.265. The van der Waals surface area contributed by atoms with Gasteiger partial charge in [0.05, 0.1) is 10.7 Å². The third kappa shape index (κ3) is 3.50. The summed E-state index contributed by atoms with van der Waals surface area (Å²) in [6, 6.07) is 0.691. The summed E-state index contributed by atoms with van der Waals surface area (Å²) in [6.07, 6.45) is 2.50. The molecule has 96 valence electrons. The molecule has 3 nitrogen and oxygen atoms in total. The molecule has 1 fully saturated rings. The summed E-state index contributed by atoms with van der Waals surface area (Å²) in [5.74, 6) is 0.811. The Morgan fingerprint density at radius 2 is 2.41 bits per heavy atom. The van der Waals surface area contributed by atoms with Crippen molar-refractivity contribution in [1.29, 1.82) is 0 Å². The van der Waals surface area contributed by atoms with Gasteiger partial charge in [0.1, 0.15) is 0 Å². The molecule has 0 aliphatic carbocycles. The zero-order valence-electron chi connectivity index (χ0n) is 11.1. The van der Waals surface area contributed by atoms with E-state index >= 15 is 0 Å². The summed E-state index contributed by atoms with van der Waals surface area (Å²) in [5.41, 5.74) is 1.19. The topological polar surface area (TPSA) is 28.2 Å². The first-order valence-electron chi connectivity index (χ1n) is 6.51. The Hall–Kier alpha value is -0.450. The predicted octanol–water partition coefficient (Wildman–Crippen LogP) is 2.14. The quantitative estimate of drug-likeness (QED) is 0.871. The summed E-state index contributed by atoms with van der Waals surface area (Å²) in [5, 5.41) is 6.64. The third-order valence-electron chi connectivity index (χ3n) is 3.47. The normalized spacial score (nSPS) is 21.5. The van der Waals surface area contributed by atoms with Gasteiger partial charge in [0.25, 0.3) is 0 Å². The lowest BCUT2D eigenvalue weighted by atomic mass is 10.1. The average Bonchev–Trinajstić information content (AvgIpc) is 2.89. The van der Waals surface area contributed by atoms with E-state index in [-0.39, 0.29) is 0 Å². The first-order valence-corrected chi connectivity index (χ1v) is 7.39. The number of nitrogens with one attached hydrogen (secondary N) is 1. The number of rotatable bonds is 5. The van der Waals surface area contributed by atoms with E-state index in [1.54, 1.807) is 0 Å². The van der Waals surface area contributed by atoms with Crippen LogP contribution in [0.15, 0.2) is 5.38 Å². The standard InChI is InChI=1S/C13H23N3S/c1-10(2)16-5-4-11(8-16)6-13-15-12(7-14-3)9-17-13/h9-11,14H,4-8H2,1-3H3. The summed E-state index contributed by atoms with van der Waals surface area (Å²) < 4.78 is 0. The monoisotopic (exact) mass is 253 g/mol. The second-order valence-corrected chi connectivity index (χ2v) is 6.15. The molecular weight excluding hydrogens is 230 g/mol. The Kier molecular flexibility index (Phi) is 4.54. The molecule has 1 aliphatic heterocycles. The molecule has 4 heteroatoms. The minimum Gasteiger partial charge on any atom is -0.314 e. The molecule has 1 saturated heterocycles. The minimum absolute atomic E-state index is 0.691. The van der Waals surface area contributed by atoms with Crippen molar-refractivity contribution in [3.63, 3.8) is 0 Å². The molecule has 0 saturated carbocycles. The van der Waals surface area contributed by atoms with E-state index in [0.717, 1.165) is 18.9 Å². The number of nitrogens with zero attached hydrogens (tertiary/aromatic N) is 2. The molecule has 1 aromatic heterocycles. The Morgan fingerprint density at radius 1 is 1.59 bits per heavy atom. The van der Waals surface area contributed by atoms with E-state index in [4.69, 9.17) is 0 Å². The van der Waals surface area contributed by atoms with Crippen molar-refractivity contribution in [2.24, 2.45) is 5.92 Å². The van der Waals surface area contributed by atoms with E-state index in [1.807, 2.05) is 18.4 Å². The fraction of sp³-hybridized carbons (Fsp3) is 0.769. The van der Waals surface area contributed by atoms with E-state index < -0.39 is 0 Å². The number of thiazole rings is 1. The van der Waals surface area contributed by atoms with Gasteiger partial charge in [-0.3, -0.25) is 0 Å². The number of likely N-dealkylation sites (tertiary alicyclic amines) is 1. The molecule has 0 bridgehead atoms. The highest BCUT2D eigenvalue weighted by Gasteiger charge is 2.24. The van der Waals surface area contributed by atoms with Crippen LogP contribution in [0.3, 0.4) is 0 Å². The second kappa shape index (κ2) is 5.94. The maximum atomic E-state index is 4.67. The molecule has 0 radical (unpaired) electrons. The van der Waals surface area contributed by atoms with Gasteiger partial charge in [-0.25, -0.2) is 4.98 Å². The third-order valence-corrected chi connectivity index (χ3v) is 4.39. The van der Waals surface area contributed by atoms with Gasteiger partial charge in [0.15, 0.2) is 0 Å². The van der Waals surface area contributed by atoms with Crippen molar-refractivity contribution in [3.05, 3.63) is 16.1 Å². The fourth-order valence-corrected chi connectivity index (χ4v) is 3.36. The molecule has 1 N–H and O–H groups in total. The van der Waals surface area contributed by atoms with Crippen LogP contribution in [0, 0.1) is 5.92 Å². The Morgan fingerprint density at radius 3 is 3.06 bits per heavy atom. The number of hydrogen-bond donors (Lipinski definition) is 1. The number of hydrogen-bond acceptors (Lipinski definition) is 4. The molecule has 2 rings (SSSR count). The number of aromatic nitrogens is 1. The smallest absolute Gasteiger partial charge is 0.0932 e. The van der Waals surface area contributed by atoms with Crippen molar-refractivity contribution in [1.82, 2.24) is 15.2 Å². The molecule has 17 heavy (non-hydrogen) atoms. The average molecular weight is 253 g/mol. The van der Waals surface area contributed by atoms with Gasteiger partial charge in [0.2, 0.25) is 0 Å². The van der Waals surface area contributed by atoms with Crippen LogP contribution < -0.4 is 5.32 Å². The van der Waals surface area contributed by atoms with Gasteiger partial charge in [0, 0.05) is 30.9 Å². The highest BCUT2D eigenvalue weighted by atomic mass is 32.1. The second-order valence-electron chi connectivity index (χ2n) is 5.21. The molecule has 1 unspecified atom stereocenters. The van der Waals surface area contributed by atoms with Crippen LogP contribution in [0.4, 0.5) is 0 Å². The summed E-state index contributed by atoms with van der Waals surface area (Å²) >= 11 is 1.82. The molecule has 0 aromatic carbocycles. The van der Waals surface area contributed by atoms with E-state index in [9.17, 15) is 0 Å². The molecule has 0 amide bonds. The van der Waals surface area contributed by atoms with Crippen LogP contribution >= 0.6 is 11.3 Å². The van der Waals surface area contributed by atoms with E-state index in [1.165, 1.54) is 30.2 Å². The van der Waals surface area contributed by atoms with Crippen LogP contribution in [-0.2, 0) is 13.0 Å². The van der Waals surface area contributed by atoms with E-state index in [0.29, 0.717) is 6.04 Å². The Bertz CT molecular complexity index is 348. The molecule has 2 heterocycles. The Labute approximate surface area is 108 Å². The zero-order chi connectivity index (χ0) is 12.3. The first kappa shape index (κ1) is 13.0. The van der Waals surface area contributed by atoms with Gasteiger partial charge in [-0.1, -0.05) is 0 Å². The van der Waals surface area contributed by atoms with Crippen molar-refractivity contribution in [2.75, 3.05) is 20.1 Å². The van der Waals surface area contributed by atoms with Gasteiger partial charge in [-0.15, -0.1) is 11.3 Å². The van der Waals surface area contributed by atoms with Crippen LogP contribution in [0.25, 0.3) is 0 Å². The molecule has 1 atom stereocenters. The van der Waals surface area contributed by atoms with Crippen molar-refractivity contribution >= 4 is 11.3 Å². The first-order chi connectivity index (χ1) is 8.19. The molecule has 0 spiro atoms. The van der Waals surface area contributed by atoms with E-state index in [2.05, 4.69) is 34.4 Å². The van der Waals surface area contributed by atoms with Crippen molar-refractivity contribution in [2.45, 2.75) is 39.3 Å². The fourth-order valence-electron chi connectivity index (χ4n) is 2.45. The minimum atomic E-state index is 0.691. The van der Waals surface area contributed by atoms with Gasteiger partial charge < -0.3 is 10.2 Å². The van der Waals surface area contributed by atoms with Crippen LogP contribution in [0.2, 0.25) is 0 Å².